The van der Waals surface area contributed by atoms with E-state index in [1.54, 1.807) is 6.07 Å². The molecule has 6 heteroatoms. The minimum Gasteiger partial charge on any atom is -0.465 e. The largest absolute Gasteiger partial charge is 0.465 e. The zero-order chi connectivity index (χ0) is 19.1. The van der Waals surface area contributed by atoms with Crippen molar-refractivity contribution in [2.75, 3.05) is 44.7 Å². The van der Waals surface area contributed by atoms with Crippen LogP contribution < -0.4 is 10.2 Å². The van der Waals surface area contributed by atoms with E-state index in [0.717, 1.165) is 25.2 Å². The van der Waals surface area contributed by atoms with Crippen LogP contribution in [0.1, 0.15) is 15.9 Å². The van der Waals surface area contributed by atoms with Gasteiger partial charge in [-0.2, -0.15) is 0 Å². The Labute approximate surface area is 159 Å². The molecule has 1 aliphatic rings. The lowest BCUT2D eigenvalue weighted by atomic mass is 10.1. The first-order chi connectivity index (χ1) is 13.2. The number of urea groups is 1. The van der Waals surface area contributed by atoms with Crippen molar-refractivity contribution in [2.45, 2.75) is 6.42 Å². The van der Waals surface area contributed by atoms with Gasteiger partial charge >= 0.3 is 12.0 Å². The Bertz CT molecular complexity index is 771. The van der Waals surface area contributed by atoms with E-state index in [1.807, 2.05) is 41.3 Å². The Morgan fingerprint density at radius 1 is 1.00 bits per heavy atom. The minimum atomic E-state index is -0.340. The summed E-state index contributed by atoms with van der Waals surface area (Å²) in [5, 5.41) is 2.99. The third-order valence-electron chi connectivity index (χ3n) is 4.73. The molecule has 0 bridgehead atoms. The molecule has 2 aromatic rings. The number of nitrogens with zero attached hydrogens (tertiary/aromatic N) is 2. The standard InChI is InChI=1S/C21H25N3O3/c1-27-20(25)18-8-5-9-19(16-18)23-12-14-24(15-13-23)21(26)22-11-10-17-6-3-2-4-7-17/h2-9,16H,10-15H2,1H3,(H,22,26). The summed E-state index contributed by atoms with van der Waals surface area (Å²) >= 11 is 0. The third-order valence-corrected chi connectivity index (χ3v) is 4.73. The van der Waals surface area contributed by atoms with Crippen LogP contribution in [-0.4, -0.2) is 56.7 Å². The molecule has 1 saturated heterocycles. The van der Waals surface area contributed by atoms with Gasteiger partial charge in [-0.3, -0.25) is 0 Å². The van der Waals surface area contributed by atoms with Gasteiger partial charge in [-0.1, -0.05) is 36.4 Å². The van der Waals surface area contributed by atoms with Crippen LogP contribution in [0.25, 0.3) is 0 Å². The highest BCUT2D eigenvalue weighted by molar-refractivity contribution is 5.90. The number of carbonyl (C=O) groups is 2. The number of methoxy groups -OCH3 is 1. The molecule has 1 N–H and O–H groups in total. The van der Waals surface area contributed by atoms with Crippen molar-refractivity contribution in [3.8, 4) is 0 Å². The predicted molar refractivity (Wildman–Crippen MR) is 105 cm³/mol. The molecule has 27 heavy (non-hydrogen) atoms. The van der Waals surface area contributed by atoms with Crippen molar-refractivity contribution >= 4 is 17.7 Å². The number of carbonyl (C=O) groups excluding carboxylic acids is 2. The van der Waals surface area contributed by atoms with Crippen molar-refractivity contribution in [1.82, 2.24) is 10.2 Å². The predicted octanol–water partition coefficient (Wildman–Crippen LogP) is 2.55. The van der Waals surface area contributed by atoms with E-state index in [4.69, 9.17) is 4.74 Å². The molecule has 0 aliphatic carbocycles. The summed E-state index contributed by atoms with van der Waals surface area (Å²) < 4.78 is 4.78. The fourth-order valence-corrected chi connectivity index (χ4v) is 3.19. The van der Waals surface area contributed by atoms with Crippen molar-refractivity contribution in [3.05, 3.63) is 65.7 Å². The zero-order valence-corrected chi connectivity index (χ0v) is 15.6. The van der Waals surface area contributed by atoms with E-state index in [2.05, 4.69) is 22.3 Å². The zero-order valence-electron chi connectivity index (χ0n) is 15.6. The fraction of sp³-hybridized carbons (Fsp3) is 0.333. The molecule has 1 fully saturated rings. The van der Waals surface area contributed by atoms with Crippen LogP contribution in [0.4, 0.5) is 10.5 Å². The number of amides is 2. The number of hydrogen-bond acceptors (Lipinski definition) is 4. The summed E-state index contributed by atoms with van der Waals surface area (Å²) in [5.41, 5.74) is 2.73. The second-order valence-corrected chi connectivity index (χ2v) is 6.48. The summed E-state index contributed by atoms with van der Waals surface area (Å²) in [4.78, 5) is 28.1. The van der Waals surface area contributed by atoms with Gasteiger partial charge in [0, 0.05) is 38.4 Å². The van der Waals surface area contributed by atoms with E-state index in [9.17, 15) is 9.59 Å². The molecular formula is C21H25N3O3. The summed E-state index contributed by atoms with van der Waals surface area (Å²) in [5.74, 6) is -0.340. The Morgan fingerprint density at radius 2 is 1.74 bits per heavy atom. The van der Waals surface area contributed by atoms with Gasteiger partial charge in [-0.15, -0.1) is 0 Å². The molecule has 3 rings (SSSR count). The van der Waals surface area contributed by atoms with Gasteiger partial charge in [-0.05, 0) is 30.2 Å². The molecule has 0 spiro atoms. The first-order valence-electron chi connectivity index (χ1n) is 9.17. The Balaban J connectivity index is 1.47. The molecule has 0 atom stereocenters. The number of benzene rings is 2. The number of esters is 1. The maximum Gasteiger partial charge on any atom is 0.337 e. The molecule has 0 unspecified atom stereocenters. The molecule has 0 radical (unpaired) electrons. The van der Waals surface area contributed by atoms with Crippen LogP contribution >= 0.6 is 0 Å². The van der Waals surface area contributed by atoms with E-state index in [-0.39, 0.29) is 12.0 Å². The fourth-order valence-electron chi connectivity index (χ4n) is 3.19. The number of anilines is 1. The van der Waals surface area contributed by atoms with E-state index < -0.39 is 0 Å². The van der Waals surface area contributed by atoms with Crippen LogP contribution in [0, 0.1) is 0 Å². The Morgan fingerprint density at radius 3 is 2.44 bits per heavy atom. The highest BCUT2D eigenvalue weighted by Crippen LogP contribution is 2.18. The van der Waals surface area contributed by atoms with Gasteiger partial charge in [-0.25, -0.2) is 9.59 Å². The lowest BCUT2D eigenvalue weighted by molar-refractivity contribution is 0.0600. The molecule has 6 nitrogen and oxygen atoms in total. The summed E-state index contributed by atoms with van der Waals surface area (Å²) in [7, 11) is 1.38. The SMILES string of the molecule is COC(=O)c1cccc(N2CCN(C(=O)NCCc3ccccc3)CC2)c1. The molecule has 2 aromatic carbocycles. The Hall–Kier alpha value is -3.02. The van der Waals surface area contributed by atoms with Gasteiger partial charge in [0.25, 0.3) is 0 Å². The average Bonchev–Trinajstić information content (AvgIpc) is 2.74. The molecule has 1 heterocycles. The summed E-state index contributed by atoms with van der Waals surface area (Å²) in [6.07, 6.45) is 0.826. The topological polar surface area (TPSA) is 61.9 Å². The van der Waals surface area contributed by atoms with Crippen molar-refractivity contribution in [3.63, 3.8) is 0 Å². The number of nitrogens with one attached hydrogen (secondary N) is 1. The van der Waals surface area contributed by atoms with Crippen molar-refractivity contribution in [1.29, 1.82) is 0 Å². The number of ether oxygens (including phenoxy) is 1. The highest BCUT2D eigenvalue weighted by Gasteiger charge is 2.21. The normalized spacial score (nSPS) is 14.0. The second-order valence-electron chi connectivity index (χ2n) is 6.48. The molecule has 142 valence electrons. The molecule has 0 aromatic heterocycles. The average molecular weight is 367 g/mol. The van der Waals surface area contributed by atoms with E-state index in [1.165, 1.54) is 12.7 Å². The third kappa shape index (κ3) is 5.00. The summed E-state index contributed by atoms with van der Waals surface area (Å²) in [6, 6.07) is 17.5. The maximum absolute atomic E-state index is 12.3. The maximum atomic E-state index is 12.3. The highest BCUT2D eigenvalue weighted by atomic mass is 16.5. The quantitative estimate of drug-likeness (QED) is 0.825. The number of rotatable bonds is 5. The molecular weight excluding hydrogens is 342 g/mol. The van der Waals surface area contributed by atoms with Crippen LogP contribution in [0.3, 0.4) is 0 Å². The van der Waals surface area contributed by atoms with Gasteiger partial charge in [0.15, 0.2) is 0 Å². The molecule has 0 saturated carbocycles. The van der Waals surface area contributed by atoms with E-state index in [0.29, 0.717) is 25.2 Å². The van der Waals surface area contributed by atoms with Crippen LogP contribution in [0.5, 0.6) is 0 Å². The monoisotopic (exact) mass is 367 g/mol. The van der Waals surface area contributed by atoms with Crippen LogP contribution in [0.2, 0.25) is 0 Å². The van der Waals surface area contributed by atoms with Gasteiger partial charge < -0.3 is 19.9 Å². The minimum absolute atomic E-state index is 0.0195. The molecule has 2 amide bonds. The summed E-state index contributed by atoms with van der Waals surface area (Å²) in [6.45, 7) is 3.40. The van der Waals surface area contributed by atoms with Crippen molar-refractivity contribution < 1.29 is 14.3 Å². The second kappa shape index (κ2) is 9.07. The van der Waals surface area contributed by atoms with E-state index >= 15 is 0 Å². The van der Waals surface area contributed by atoms with Crippen molar-refractivity contribution in [2.24, 2.45) is 0 Å². The Kier molecular flexibility index (Phi) is 6.30. The lowest BCUT2D eigenvalue weighted by Gasteiger charge is -2.36. The van der Waals surface area contributed by atoms with Crippen LogP contribution in [-0.2, 0) is 11.2 Å². The first kappa shape index (κ1) is 18.8. The van der Waals surface area contributed by atoms with Gasteiger partial charge in [0.1, 0.15) is 0 Å². The van der Waals surface area contributed by atoms with Crippen LogP contribution in [0.15, 0.2) is 54.6 Å². The molecule has 1 aliphatic heterocycles. The number of hydrogen-bond donors (Lipinski definition) is 1. The number of piperazine rings is 1. The van der Waals surface area contributed by atoms with Gasteiger partial charge in [0.2, 0.25) is 0 Å². The van der Waals surface area contributed by atoms with Gasteiger partial charge in [0.05, 0.1) is 12.7 Å². The lowest BCUT2D eigenvalue weighted by Crippen LogP contribution is -2.52. The smallest absolute Gasteiger partial charge is 0.337 e. The first-order valence-corrected chi connectivity index (χ1v) is 9.17.